The normalized spacial score (nSPS) is 10.9. The van der Waals surface area contributed by atoms with Crippen molar-refractivity contribution in [1.29, 1.82) is 0 Å². The minimum atomic E-state index is -0.413. The number of urea groups is 1. The summed E-state index contributed by atoms with van der Waals surface area (Å²) in [5, 5.41) is 6.08. The van der Waals surface area contributed by atoms with E-state index in [0.29, 0.717) is 16.4 Å². The molecule has 3 aromatic rings. The number of benzene rings is 2. The molecule has 3 rings (SSSR count). The van der Waals surface area contributed by atoms with Crippen LogP contribution in [0.5, 0.6) is 0 Å². The van der Waals surface area contributed by atoms with Crippen molar-refractivity contribution < 1.29 is 4.79 Å². The van der Waals surface area contributed by atoms with E-state index in [9.17, 15) is 9.59 Å². The monoisotopic (exact) mass is 387 g/mol. The van der Waals surface area contributed by atoms with Crippen LogP contribution in [0.3, 0.4) is 0 Å². The van der Waals surface area contributed by atoms with Gasteiger partial charge < -0.3 is 15.5 Å². The number of anilines is 3. The lowest BCUT2D eigenvalue weighted by atomic mass is 10.2. The average Bonchev–Trinajstić information content (AvgIpc) is 2.81. The molecule has 2 N–H and O–H groups in total. The van der Waals surface area contributed by atoms with E-state index in [4.69, 9.17) is 11.6 Å². The Hall–Kier alpha value is -2.93. The second-order valence-electron chi connectivity index (χ2n) is 6.72. The van der Waals surface area contributed by atoms with Crippen molar-refractivity contribution in [2.75, 3.05) is 29.6 Å². The molecule has 0 saturated heterocycles. The largest absolute Gasteiger partial charge is 0.376 e. The Bertz CT molecular complexity index is 1100. The summed E-state index contributed by atoms with van der Waals surface area (Å²) in [5.41, 5.74) is 4.32. The predicted molar refractivity (Wildman–Crippen MR) is 111 cm³/mol. The molecule has 1 heterocycles. The van der Waals surface area contributed by atoms with Crippen molar-refractivity contribution in [2.45, 2.75) is 6.92 Å². The fourth-order valence-electron chi connectivity index (χ4n) is 3.00. The highest BCUT2D eigenvalue weighted by atomic mass is 35.5. The lowest BCUT2D eigenvalue weighted by Crippen LogP contribution is -2.22. The van der Waals surface area contributed by atoms with E-state index in [2.05, 4.69) is 10.6 Å². The molecule has 0 spiro atoms. The number of aryl methyl sites for hydroxylation is 3. The molecule has 0 bridgehead atoms. The van der Waals surface area contributed by atoms with Crippen LogP contribution >= 0.6 is 11.6 Å². The van der Waals surface area contributed by atoms with Crippen LogP contribution in [-0.4, -0.2) is 29.3 Å². The number of nitrogens with zero attached hydrogens (tertiary/aromatic N) is 3. The molecule has 0 radical (unpaired) electrons. The quantitative estimate of drug-likeness (QED) is 0.722. The third-order valence-corrected chi connectivity index (χ3v) is 4.80. The zero-order chi connectivity index (χ0) is 19.9. The van der Waals surface area contributed by atoms with Gasteiger partial charge >= 0.3 is 11.7 Å². The topological polar surface area (TPSA) is 71.3 Å². The van der Waals surface area contributed by atoms with Crippen LogP contribution in [0.15, 0.2) is 35.1 Å². The molecule has 142 valence electrons. The summed E-state index contributed by atoms with van der Waals surface area (Å²) in [6.07, 6.45) is 0. The first-order chi connectivity index (χ1) is 12.7. The fourth-order valence-corrected chi connectivity index (χ4v) is 3.28. The van der Waals surface area contributed by atoms with Gasteiger partial charge in [-0.1, -0.05) is 17.7 Å². The number of hydrogen-bond donors (Lipinski definition) is 2. The summed E-state index contributed by atoms with van der Waals surface area (Å²) in [4.78, 5) is 26.6. The smallest absolute Gasteiger partial charge is 0.328 e. The Kier molecular flexibility index (Phi) is 4.89. The average molecular weight is 388 g/mol. The number of hydrogen-bond acceptors (Lipinski definition) is 3. The van der Waals surface area contributed by atoms with Crippen molar-refractivity contribution in [3.05, 3.63) is 51.4 Å². The van der Waals surface area contributed by atoms with Crippen LogP contribution < -0.4 is 21.2 Å². The van der Waals surface area contributed by atoms with E-state index in [1.807, 2.05) is 38.1 Å². The molecule has 2 amide bonds. The Balaban J connectivity index is 1.97. The standard InChI is InChI=1S/C19H22ClN5O2/c1-11-6-7-13(12(20)8-11)21-18(26)22-14-9-16-17(10-15(14)23(2)3)25(5)19(27)24(16)4/h6-10H,1-5H3,(H2,21,22,26). The minimum absolute atomic E-state index is 0.122. The van der Waals surface area contributed by atoms with Crippen LogP contribution in [0.25, 0.3) is 11.0 Å². The predicted octanol–water partition coefficient (Wildman–Crippen LogP) is 3.55. The van der Waals surface area contributed by atoms with Gasteiger partial charge in [0.15, 0.2) is 0 Å². The number of amides is 2. The number of halogens is 1. The molecular weight excluding hydrogens is 366 g/mol. The summed E-state index contributed by atoms with van der Waals surface area (Å²) in [6.45, 7) is 1.93. The third-order valence-electron chi connectivity index (χ3n) is 4.49. The molecule has 0 aliphatic rings. The van der Waals surface area contributed by atoms with E-state index in [1.165, 1.54) is 0 Å². The van der Waals surface area contributed by atoms with E-state index in [0.717, 1.165) is 22.3 Å². The molecule has 8 heteroatoms. The van der Waals surface area contributed by atoms with E-state index >= 15 is 0 Å². The maximum atomic E-state index is 12.5. The molecule has 7 nitrogen and oxygen atoms in total. The van der Waals surface area contributed by atoms with Gasteiger partial charge in [-0.05, 0) is 36.8 Å². The molecule has 1 aromatic heterocycles. The first-order valence-electron chi connectivity index (χ1n) is 8.40. The first kappa shape index (κ1) is 18.8. The highest BCUT2D eigenvalue weighted by Crippen LogP contribution is 2.30. The molecular formula is C19H22ClN5O2. The highest BCUT2D eigenvalue weighted by Gasteiger charge is 2.16. The molecule has 0 unspecified atom stereocenters. The van der Waals surface area contributed by atoms with Gasteiger partial charge in [0.2, 0.25) is 0 Å². The first-order valence-corrected chi connectivity index (χ1v) is 8.77. The summed E-state index contributed by atoms with van der Waals surface area (Å²) in [5.74, 6) is 0. The lowest BCUT2D eigenvalue weighted by Gasteiger charge is -2.19. The maximum Gasteiger partial charge on any atom is 0.328 e. The third kappa shape index (κ3) is 3.50. The minimum Gasteiger partial charge on any atom is -0.376 e. The zero-order valence-electron chi connectivity index (χ0n) is 15.9. The number of carbonyl (C=O) groups is 1. The zero-order valence-corrected chi connectivity index (χ0v) is 16.7. The summed E-state index contributed by atoms with van der Waals surface area (Å²) < 4.78 is 3.13. The van der Waals surface area contributed by atoms with Gasteiger partial charge in [0.1, 0.15) is 0 Å². The van der Waals surface area contributed by atoms with Gasteiger partial charge in [-0.3, -0.25) is 9.13 Å². The van der Waals surface area contributed by atoms with Crippen molar-refractivity contribution >= 4 is 45.7 Å². The maximum absolute atomic E-state index is 12.5. The van der Waals surface area contributed by atoms with Crippen LogP contribution in [0.1, 0.15) is 5.56 Å². The molecule has 0 aliphatic carbocycles. The summed E-state index contributed by atoms with van der Waals surface area (Å²) >= 11 is 6.19. The van der Waals surface area contributed by atoms with Crippen molar-refractivity contribution in [1.82, 2.24) is 9.13 Å². The molecule has 0 saturated carbocycles. The van der Waals surface area contributed by atoms with E-state index in [1.54, 1.807) is 41.4 Å². The van der Waals surface area contributed by atoms with Crippen LogP contribution in [0.2, 0.25) is 5.02 Å². The summed E-state index contributed by atoms with van der Waals surface area (Å²) in [6, 6.07) is 8.68. The second-order valence-corrected chi connectivity index (χ2v) is 7.12. The molecule has 0 fully saturated rings. The Morgan fingerprint density at radius 3 is 2.19 bits per heavy atom. The van der Waals surface area contributed by atoms with Crippen LogP contribution in [-0.2, 0) is 14.1 Å². The van der Waals surface area contributed by atoms with Crippen molar-refractivity contribution in [3.8, 4) is 0 Å². The van der Waals surface area contributed by atoms with Gasteiger partial charge in [0.25, 0.3) is 0 Å². The second kappa shape index (κ2) is 7.00. The van der Waals surface area contributed by atoms with Crippen molar-refractivity contribution in [2.24, 2.45) is 14.1 Å². The molecule has 0 aliphatic heterocycles. The van der Waals surface area contributed by atoms with Gasteiger partial charge in [-0.25, -0.2) is 9.59 Å². The Labute approximate surface area is 162 Å². The number of imidazole rings is 1. The number of carbonyl (C=O) groups excluding carboxylic acids is 1. The van der Waals surface area contributed by atoms with Gasteiger partial charge in [0, 0.05) is 28.2 Å². The SMILES string of the molecule is Cc1ccc(NC(=O)Nc2cc3c(cc2N(C)C)n(C)c(=O)n3C)c(Cl)c1. The molecule has 0 atom stereocenters. The lowest BCUT2D eigenvalue weighted by molar-refractivity contribution is 0.262. The van der Waals surface area contributed by atoms with Crippen molar-refractivity contribution in [3.63, 3.8) is 0 Å². The van der Waals surface area contributed by atoms with Gasteiger partial charge in [-0.15, -0.1) is 0 Å². The van der Waals surface area contributed by atoms with Gasteiger partial charge in [0.05, 0.1) is 33.1 Å². The molecule has 2 aromatic carbocycles. The van der Waals surface area contributed by atoms with E-state index < -0.39 is 6.03 Å². The number of aromatic nitrogens is 2. The van der Waals surface area contributed by atoms with E-state index in [-0.39, 0.29) is 5.69 Å². The Morgan fingerprint density at radius 1 is 1.00 bits per heavy atom. The number of fused-ring (bicyclic) bond motifs is 1. The Morgan fingerprint density at radius 2 is 1.59 bits per heavy atom. The molecule has 27 heavy (non-hydrogen) atoms. The van der Waals surface area contributed by atoms with Crippen LogP contribution in [0, 0.1) is 6.92 Å². The number of nitrogens with one attached hydrogen (secondary N) is 2. The highest BCUT2D eigenvalue weighted by molar-refractivity contribution is 6.33. The fraction of sp³-hybridized carbons (Fsp3) is 0.263. The van der Waals surface area contributed by atoms with Crippen LogP contribution in [0.4, 0.5) is 21.9 Å². The summed E-state index contributed by atoms with van der Waals surface area (Å²) in [7, 11) is 7.18. The number of rotatable bonds is 3. The van der Waals surface area contributed by atoms with Gasteiger partial charge in [-0.2, -0.15) is 0 Å².